The quantitative estimate of drug-likeness (QED) is 0.729. The Hall–Kier alpha value is -1.43. The number of carbonyl (C=O) groups is 1. The van der Waals surface area contributed by atoms with E-state index in [9.17, 15) is 4.79 Å². The fourth-order valence-electron chi connectivity index (χ4n) is 3.16. The van der Waals surface area contributed by atoms with Crippen molar-refractivity contribution in [2.24, 2.45) is 0 Å². The van der Waals surface area contributed by atoms with Crippen molar-refractivity contribution in [1.82, 2.24) is 9.80 Å². The van der Waals surface area contributed by atoms with E-state index < -0.39 is 6.10 Å². The zero-order valence-corrected chi connectivity index (χ0v) is 12.9. The lowest BCUT2D eigenvalue weighted by Crippen LogP contribution is -2.51. The second-order valence-corrected chi connectivity index (χ2v) is 5.93. The molecule has 0 bridgehead atoms. The van der Waals surface area contributed by atoms with Gasteiger partial charge in [0.25, 0.3) is 5.91 Å². The van der Waals surface area contributed by atoms with Crippen molar-refractivity contribution in [3.63, 3.8) is 0 Å². The smallest absolute Gasteiger partial charge is 0.254 e. The van der Waals surface area contributed by atoms with Crippen molar-refractivity contribution in [3.05, 3.63) is 37.0 Å². The number of fused-ring (bicyclic) bond motifs is 1. The number of hydrogen-bond donors (Lipinski definition) is 0. The van der Waals surface area contributed by atoms with Gasteiger partial charge >= 0.3 is 0 Å². The van der Waals surface area contributed by atoms with Crippen molar-refractivity contribution >= 4 is 5.91 Å². The van der Waals surface area contributed by atoms with Crippen LogP contribution in [0.3, 0.4) is 0 Å². The van der Waals surface area contributed by atoms with Gasteiger partial charge in [0.15, 0.2) is 6.10 Å². The summed E-state index contributed by atoms with van der Waals surface area (Å²) in [7, 11) is 0. The average molecular weight is 304 g/mol. The monoisotopic (exact) mass is 304 g/mol. The molecule has 3 unspecified atom stereocenters. The Labute approximate surface area is 131 Å². The molecule has 2 saturated heterocycles. The summed E-state index contributed by atoms with van der Waals surface area (Å²) in [6, 6.07) is 0. The Bertz CT molecular complexity index is 475. The normalized spacial score (nSPS) is 32.4. The third kappa shape index (κ3) is 3.48. The van der Waals surface area contributed by atoms with Crippen molar-refractivity contribution in [2.45, 2.75) is 24.7 Å². The predicted octanol–water partition coefficient (Wildman–Crippen LogP) is 0.985. The summed E-state index contributed by atoms with van der Waals surface area (Å²) in [6.07, 6.45) is 10.1. The summed E-state index contributed by atoms with van der Waals surface area (Å²) >= 11 is 0. The van der Waals surface area contributed by atoms with Crippen LogP contribution in [0.5, 0.6) is 0 Å². The summed E-state index contributed by atoms with van der Waals surface area (Å²) in [6.45, 7) is 8.43. The molecule has 0 radical (unpaired) electrons. The highest BCUT2D eigenvalue weighted by Crippen LogP contribution is 2.21. The molecule has 0 aromatic carbocycles. The Morgan fingerprint density at radius 2 is 2.00 bits per heavy atom. The molecular formula is C17H24N2O3. The van der Waals surface area contributed by atoms with Crippen LogP contribution in [-0.4, -0.2) is 73.3 Å². The maximum Gasteiger partial charge on any atom is 0.254 e. The molecule has 3 rings (SSSR count). The predicted molar refractivity (Wildman–Crippen MR) is 84.5 cm³/mol. The number of allylic oxidation sites excluding steroid dienone is 2. The van der Waals surface area contributed by atoms with Crippen LogP contribution in [0, 0.1) is 0 Å². The maximum absolute atomic E-state index is 12.7. The third-order valence-corrected chi connectivity index (χ3v) is 4.36. The third-order valence-electron chi connectivity index (χ3n) is 4.36. The van der Waals surface area contributed by atoms with Crippen molar-refractivity contribution < 1.29 is 14.3 Å². The molecule has 1 amide bonds. The Kier molecular flexibility index (Phi) is 5.08. The van der Waals surface area contributed by atoms with Crippen LogP contribution in [0.4, 0.5) is 0 Å². The summed E-state index contributed by atoms with van der Waals surface area (Å²) in [5.74, 6) is 0.0573. The van der Waals surface area contributed by atoms with Crippen LogP contribution < -0.4 is 0 Å². The second kappa shape index (κ2) is 7.22. The first-order valence-corrected chi connectivity index (χ1v) is 8.02. The minimum atomic E-state index is -0.483. The highest BCUT2D eigenvalue weighted by molar-refractivity contribution is 5.81. The number of rotatable bonds is 3. The standard InChI is InChI=1S/C17H24N2O3/c1-2-8-18-9-5-10-19(12-11-18)17(20)16-13-21-14-6-3-4-7-15(14)22-16/h2-4,6-7,14-16H,1,5,8-13H2. The van der Waals surface area contributed by atoms with Gasteiger partial charge in [-0.3, -0.25) is 9.69 Å². The molecule has 5 nitrogen and oxygen atoms in total. The molecule has 3 atom stereocenters. The molecule has 0 aromatic heterocycles. The summed E-state index contributed by atoms with van der Waals surface area (Å²) < 4.78 is 11.7. The minimum absolute atomic E-state index is 0.0544. The average Bonchev–Trinajstić information content (AvgIpc) is 2.80. The zero-order chi connectivity index (χ0) is 15.4. The minimum Gasteiger partial charge on any atom is -0.368 e. The van der Waals surface area contributed by atoms with Crippen molar-refractivity contribution in [1.29, 1.82) is 0 Å². The number of amides is 1. The highest BCUT2D eigenvalue weighted by atomic mass is 16.6. The van der Waals surface area contributed by atoms with E-state index in [1.54, 1.807) is 0 Å². The van der Waals surface area contributed by atoms with Gasteiger partial charge in [-0.25, -0.2) is 0 Å². The van der Waals surface area contributed by atoms with Crippen molar-refractivity contribution in [3.8, 4) is 0 Å². The lowest BCUT2D eigenvalue weighted by molar-refractivity contribution is -0.176. The SMILES string of the molecule is C=CCN1CCCN(C(=O)C2COC3C=CC=CC3O2)CC1. The van der Waals surface area contributed by atoms with E-state index in [-0.39, 0.29) is 18.1 Å². The van der Waals surface area contributed by atoms with Gasteiger partial charge in [0.1, 0.15) is 12.2 Å². The summed E-state index contributed by atoms with van der Waals surface area (Å²) in [4.78, 5) is 16.9. The van der Waals surface area contributed by atoms with Crippen LogP contribution >= 0.6 is 0 Å². The first kappa shape index (κ1) is 15.5. The molecule has 2 heterocycles. The van der Waals surface area contributed by atoms with Crippen LogP contribution in [0.2, 0.25) is 0 Å². The molecule has 2 fully saturated rings. The Balaban J connectivity index is 1.56. The Morgan fingerprint density at radius 3 is 2.82 bits per heavy atom. The van der Waals surface area contributed by atoms with Gasteiger partial charge in [-0.15, -0.1) is 6.58 Å². The number of ether oxygens (including phenoxy) is 2. The molecule has 1 aliphatic carbocycles. The molecule has 0 N–H and O–H groups in total. The first-order chi connectivity index (χ1) is 10.8. The lowest BCUT2D eigenvalue weighted by Gasteiger charge is -2.36. The van der Waals surface area contributed by atoms with Gasteiger partial charge in [0, 0.05) is 32.7 Å². The zero-order valence-electron chi connectivity index (χ0n) is 12.9. The van der Waals surface area contributed by atoms with Crippen LogP contribution in [0.1, 0.15) is 6.42 Å². The van der Waals surface area contributed by atoms with Crippen LogP contribution in [-0.2, 0) is 14.3 Å². The molecule has 5 heteroatoms. The largest absolute Gasteiger partial charge is 0.368 e. The summed E-state index contributed by atoms with van der Waals surface area (Å²) in [5.41, 5.74) is 0. The topological polar surface area (TPSA) is 42.0 Å². The molecule has 2 aliphatic heterocycles. The number of carbonyl (C=O) groups excluding carboxylic acids is 1. The number of nitrogens with zero attached hydrogens (tertiary/aromatic N) is 2. The van der Waals surface area contributed by atoms with Gasteiger partial charge in [-0.1, -0.05) is 30.4 Å². The van der Waals surface area contributed by atoms with Gasteiger partial charge in [0.2, 0.25) is 0 Å². The molecule has 0 spiro atoms. The molecular weight excluding hydrogens is 280 g/mol. The molecule has 22 heavy (non-hydrogen) atoms. The Morgan fingerprint density at radius 1 is 1.18 bits per heavy atom. The summed E-state index contributed by atoms with van der Waals surface area (Å²) in [5, 5.41) is 0. The van der Waals surface area contributed by atoms with Gasteiger partial charge < -0.3 is 14.4 Å². The number of hydrogen-bond acceptors (Lipinski definition) is 4. The maximum atomic E-state index is 12.7. The fraction of sp³-hybridized carbons (Fsp3) is 0.588. The van der Waals surface area contributed by atoms with Crippen LogP contribution in [0.15, 0.2) is 37.0 Å². The second-order valence-electron chi connectivity index (χ2n) is 5.93. The molecule has 0 aromatic rings. The lowest BCUT2D eigenvalue weighted by atomic mass is 10.1. The first-order valence-electron chi connectivity index (χ1n) is 8.02. The fourth-order valence-corrected chi connectivity index (χ4v) is 3.16. The van der Waals surface area contributed by atoms with E-state index in [4.69, 9.17) is 9.47 Å². The molecule has 3 aliphatic rings. The van der Waals surface area contributed by atoms with Crippen LogP contribution in [0.25, 0.3) is 0 Å². The van der Waals surface area contributed by atoms with E-state index in [1.807, 2.05) is 35.3 Å². The van der Waals surface area contributed by atoms with Gasteiger partial charge in [-0.05, 0) is 6.42 Å². The van der Waals surface area contributed by atoms with Gasteiger partial charge in [-0.2, -0.15) is 0 Å². The molecule has 120 valence electrons. The van der Waals surface area contributed by atoms with Crippen molar-refractivity contribution in [2.75, 3.05) is 39.3 Å². The highest BCUT2D eigenvalue weighted by Gasteiger charge is 2.36. The van der Waals surface area contributed by atoms with E-state index >= 15 is 0 Å². The van der Waals surface area contributed by atoms with Gasteiger partial charge in [0.05, 0.1) is 6.61 Å². The van der Waals surface area contributed by atoms with E-state index in [0.717, 1.165) is 39.1 Å². The van der Waals surface area contributed by atoms with E-state index in [2.05, 4.69) is 11.5 Å². The van der Waals surface area contributed by atoms with E-state index in [0.29, 0.717) is 6.61 Å². The van der Waals surface area contributed by atoms with E-state index in [1.165, 1.54) is 0 Å². The molecule has 0 saturated carbocycles.